The van der Waals surface area contributed by atoms with Crippen LogP contribution >= 0.6 is 0 Å². The van der Waals surface area contributed by atoms with Crippen molar-refractivity contribution < 1.29 is 19.1 Å². The van der Waals surface area contributed by atoms with Gasteiger partial charge in [0.1, 0.15) is 11.5 Å². The number of ether oxygens (including phenoxy) is 2. The van der Waals surface area contributed by atoms with Gasteiger partial charge in [0.15, 0.2) is 0 Å². The molecule has 0 amide bonds. The predicted octanol–water partition coefficient (Wildman–Crippen LogP) is 4.82. The van der Waals surface area contributed by atoms with E-state index in [4.69, 9.17) is 9.47 Å². The Morgan fingerprint density at radius 1 is 0.842 bits per heavy atom. The maximum atomic E-state index is 12.6. The smallest absolute Gasteiger partial charge is 0.417 e. The highest BCUT2D eigenvalue weighted by molar-refractivity contribution is 6.31. The second-order valence-corrected chi connectivity index (χ2v) is 10.4. The third-order valence-corrected chi connectivity index (χ3v) is 7.64. The Balaban J connectivity index is 0.000000433. The fourth-order valence-electron chi connectivity index (χ4n) is 5.52. The monoisotopic (exact) mass is 516 g/mol. The molecule has 8 nitrogen and oxygen atoms in total. The fourth-order valence-corrected chi connectivity index (χ4v) is 5.52. The van der Waals surface area contributed by atoms with Gasteiger partial charge in [-0.1, -0.05) is 12.1 Å². The molecule has 4 heterocycles. The van der Waals surface area contributed by atoms with Crippen molar-refractivity contribution in [1.29, 1.82) is 0 Å². The number of hydrogen-bond donors (Lipinski definition) is 2. The first-order chi connectivity index (χ1) is 18.4. The number of rotatable bonds is 4. The largest absolute Gasteiger partial charge is 0.423 e. The van der Waals surface area contributed by atoms with Crippen LogP contribution in [0.25, 0.3) is 21.8 Å². The minimum atomic E-state index is -1.05. The third-order valence-electron chi connectivity index (χ3n) is 7.64. The minimum absolute atomic E-state index is 0.327. The van der Waals surface area contributed by atoms with Crippen LogP contribution < -0.4 is 9.47 Å². The predicted molar refractivity (Wildman–Crippen MR) is 149 cm³/mol. The molecule has 8 heteroatoms. The average molecular weight is 517 g/mol. The first-order valence-electron chi connectivity index (χ1n) is 13.4. The van der Waals surface area contributed by atoms with Gasteiger partial charge in [-0.25, -0.2) is 9.59 Å². The molecule has 2 fully saturated rings. The third kappa shape index (κ3) is 5.61. The van der Waals surface area contributed by atoms with Crippen LogP contribution in [0.4, 0.5) is 0 Å². The standard InChI is InChI=1S/C25H25N3O4.C5H11N/c1-15-13-26-18-7-3-9-20(22(15)18)31-24(29)25(30)32-21-10-4-8-19-23(21)16(14-27-19)12-17-6-5-11-28(17)2;1-6-4-2-3-5-6/h3-4,7-10,13-14,17,26-27H,5-6,11-12H2,1-2H3;2-5H2,1H3/t17-;/m1./s1. The molecule has 0 bridgehead atoms. The lowest BCUT2D eigenvalue weighted by molar-refractivity contribution is -0.156. The molecule has 4 aromatic rings. The molecule has 0 unspecified atom stereocenters. The zero-order valence-corrected chi connectivity index (χ0v) is 22.4. The Hall–Kier alpha value is -3.62. The second-order valence-electron chi connectivity index (χ2n) is 10.4. The SMILES string of the molecule is CN1CCCC1.Cc1c[nH]c2cccc(OC(=O)C(=O)Oc3cccc4[nH]cc(C[C@H]5CCCN5C)c34)c12. The number of aromatic nitrogens is 2. The van der Waals surface area contributed by atoms with Crippen molar-refractivity contribution in [1.82, 2.24) is 19.8 Å². The lowest BCUT2D eigenvalue weighted by Crippen LogP contribution is -2.27. The van der Waals surface area contributed by atoms with Crippen LogP contribution in [0, 0.1) is 6.92 Å². The molecule has 38 heavy (non-hydrogen) atoms. The van der Waals surface area contributed by atoms with E-state index in [1.165, 1.54) is 32.4 Å². The molecule has 2 aromatic carbocycles. The summed E-state index contributed by atoms with van der Waals surface area (Å²) in [6, 6.07) is 11.2. The molecule has 1 atom stereocenters. The van der Waals surface area contributed by atoms with E-state index in [1.807, 2.05) is 31.5 Å². The number of fused-ring (bicyclic) bond motifs is 2. The van der Waals surface area contributed by atoms with E-state index in [0.717, 1.165) is 52.3 Å². The maximum Gasteiger partial charge on any atom is 0.423 e. The van der Waals surface area contributed by atoms with E-state index >= 15 is 0 Å². The molecular formula is C30H36N4O4. The van der Waals surface area contributed by atoms with Gasteiger partial charge in [-0.2, -0.15) is 0 Å². The normalized spacial score (nSPS) is 18.0. The summed E-state index contributed by atoms with van der Waals surface area (Å²) in [5.74, 6) is -1.42. The number of carbonyl (C=O) groups excluding carboxylic acids is 2. The van der Waals surface area contributed by atoms with Gasteiger partial charge in [0.25, 0.3) is 0 Å². The Kier molecular flexibility index (Phi) is 7.81. The highest BCUT2D eigenvalue weighted by Gasteiger charge is 2.25. The number of esters is 2. The van der Waals surface area contributed by atoms with Crippen LogP contribution in [0.15, 0.2) is 48.8 Å². The van der Waals surface area contributed by atoms with Gasteiger partial charge in [-0.15, -0.1) is 0 Å². The molecule has 2 aliphatic heterocycles. The molecule has 2 saturated heterocycles. The summed E-state index contributed by atoms with van der Waals surface area (Å²) in [4.78, 5) is 36.3. The number of hydrogen-bond acceptors (Lipinski definition) is 6. The van der Waals surface area contributed by atoms with Gasteiger partial charge in [0.05, 0.1) is 0 Å². The summed E-state index contributed by atoms with van der Waals surface area (Å²) in [5.41, 5.74) is 3.70. The molecule has 6 rings (SSSR count). The van der Waals surface area contributed by atoms with Crippen LogP contribution in [-0.2, 0) is 16.0 Å². The Bertz CT molecular complexity index is 1430. The van der Waals surface area contributed by atoms with Crippen LogP contribution in [0.1, 0.15) is 36.8 Å². The number of likely N-dealkylation sites (N-methyl/N-ethyl adjacent to an activating group) is 1. The lowest BCUT2D eigenvalue weighted by atomic mass is 10.0. The van der Waals surface area contributed by atoms with Gasteiger partial charge in [0, 0.05) is 40.2 Å². The number of aromatic amines is 2. The number of aryl methyl sites for hydroxylation is 1. The summed E-state index contributed by atoms with van der Waals surface area (Å²) in [6.45, 7) is 5.64. The fraction of sp³-hybridized carbons (Fsp3) is 0.400. The van der Waals surface area contributed by atoms with E-state index in [0.29, 0.717) is 17.5 Å². The lowest BCUT2D eigenvalue weighted by Gasteiger charge is -2.19. The number of carbonyl (C=O) groups is 2. The van der Waals surface area contributed by atoms with Crippen LogP contribution in [0.5, 0.6) is 11.5 Å². The summed E-state index contributed by atoms with van der Waals surface area (Å²) in [6.07, 6.45) is 9.79. The van der Waals surface area contributed by atoms with Crippen LogP contribution in [0.2, 0.25) is 0 Å². The summed E-state index contributed by atoms with van der Waals surface area (Å²) in [7, 11) is 4.31. The zero-order valence-electron chi connectivity index (χ0n) is 22.4. The van der Waals surface area contributed by atoms with Gasteiger partial charge in [-0.05, 0) is 108 Å². The molecule has 0 spiro atoms. The first kappa shape index (κ1) is 26.0. The van der Waals surface area contributed by atoms with E-state index in [9.17, 15) is 9.59 Å². The molecule has 0 radical (unpaired) electrons. The molecule has 2 N–H and O–H groups in total. The van der Waals surface area contributed by atoms with E-state index < -0.39 is 11.9 Å². The van der Waals surface area contributed by atoms with Gasteiger partial charge >= 0.3 is 11.9 Å². The van der Waals surface area contributed by atoms with Crippen LogP contribution in [-0.4, -0.2) is 71.5 Å². The van der Waals surface area contributed by atoms with Crippen molar-refractivity contribution in [2.45, 2.75) is 45.1 Å². The van der Waals surface area contributed by atoms with Crippen molar-refractivity contribution in [2.24, 2.45) is 0 Å². The molecule has 200 valence electrons. The quantitative estimate of drug-likeness (QED) is 0.230. The van der Waals surface area contributed by atoms with Gasteiger partial charge in [-0.3, -0.25) is 0 Å². The Labute approximate surface area is 222 Å². The summed E-state index contributed by atoms with van der Waals surface area (Å²) in [5, 5.41) is 1.60. The second kappa shape index (κ2) is 11.4. The topological polar surface area (TPSA) is 90.7 Å². The van der Waals surface area contributed by atoms with E-state index in [1.54, 1.807) is 24.3 Å². The molecule has 2 aliphatic rings. The first-order valence-corrected chi connectivity index (χ1v) is 13.4. The Morgan fingerprint density at radius 3 is 2.03 bits per heavy atom. The Morgan fingerprint density at radius 2 is 1.45 bits per heavy atom. The van der Waals surface area contributed by atoms with Crippen molar-refractivity contribution in [3.05, 3.63) is 59.9 Å². The molecular weight excluding hydrogens is 480 g/mol. The molecule has 2 aromatic heterocycles. The zero-order chi connectivity index (χ0) is 26.6. The van der Waals surface area contributed by atoms with E-state index in [-0.39, 0.29) is 0 Å². The number of likely N-dealkylation sites (tertiary alicyclic amines) is 2. The minimum Gasteiger partial charge on any atom is -0.417 e. The van der Waals surface area contributed by atoms with Gasteiger partial charge < -0.3 is 29.2 Å². The van der Waals surface area contributed by atoms with Crippen LogP contribution in [0.3, 0.4) is 0 Å². The van der Waals surface area contributed by atoms with Crippen molar-refractivity contribution in [3.8, 4) is 11.5 Å². The van der Waals surface area contributed by atoms with Crippen molar-refractivity contribution >= 4 is 33.7 Å². The highest BCUT2D eigenvalue weighted by atomic mass is 16.6. The van der Waals surface area contributed by atoms with Gasteiger partial charge in [0.2, 0.25) is 0 Å². The number of nitrogens with zero attached hydrogens (tertiary/aromatic N) is 2. The average Bonchev–Trinajstić information content (AvgIpc) is 3.71. The maximum absolute atomic E-state index is 12.6. The summed E-state index contributed by atoms with van der Waals surface area (Å²) < 4.78 is 10.9. The molecule has 0 saturated carbocycles. The number of H-pyrrole nitrogens is 2. The molecule has 0 aliphatic carbocycles. The van der Waals surface area contributed by atoms with Crippen molar-refractivity contribution in [3.63, 3.8) is 0 Å². The highest BCUT2D eigenvalue weighted by Crippen LogP contribution is 2.32. The summed E-state index contributed by atoms with van der Waals surface area (Å²) >= 11 is 0. The van der Waals surface area contributed by atoms with Crippen molar-refractivity contribution in [2.75, 3.05) is 33.7 Å². The van der Waals surface area contributed by atoms with E-state index in [2.05, 4.69) is 33.9 Å². The number of nitrogens with one attached hydrogen (secondary N) is 2. The number of benzene rings is 2.